The van der Waals surface area contributed by atoms with E-state index in [0.717, 1.165) is 17.3 Å². The van der Waals surface area contributed by atoms with Crippen LogP contribution in [0.1, 0.15) is 16.9 Å². The molecule has 11 heteroatoms. The third kappa shape index (κ3) is 4.82. The number of nitrogens with zero attached hydrogens (tertiary/aromatic N) is 3. The fraction of sp³-hybridized carbons (Fsp3) is 0.174. The summed E-state index contributed by atoms with van der Waals surface area (Å²) in [6.07, 6.45) is 1.51. The highest BCUT2D eigenvalue weighted by molar-refractivity contribution is 7.99. The van der Waals surface area contributed by atoms with Crippen molar-refractivity contribution in [2.75, 3.05) is 11.1 Å². The molecule has 34 heavy (non-hydrogen) atoms. The summed E-state index contributed by atoms with van der Waals surface area (Å²) < 4.78 is 6.81. The SMILES string of the molecule is Cc1ccc([N+](=O)[O-])c(NC(=O)CSc2nc3cc(Cl)ccc3c(=O)n2Cc2ccco2)c1C. The smallest absolute Gasteiger partial charge is 0.293 e. The molecular formula is C23H19ClN4O5S. The number of carbonyl (C=O) groups excluding carboxylic acids is 1. The summed E-state index contributed by atoms with van der Waals surface area (Å²) in [6, 6.07) is 11.2. The quantitative estimate of drug-likeness (QED) is 0.166. The molecule has 0 spiro atoms. The molecule has 1 amide bonds. The Bertz CT molecular complexity index is 1470. The van der Waals surface area contributed by atoms with E-state index in [1.54, 1.807) is 50.2 Å². The van der Waals surface area contributed by atoms with Gasteiger partial charge in [-0.25, -0.2) is 4.98 Å². The lowest BCUT2D eigenvalue weighted by Crippen LogP contribution is -2.25. The number of nitrogens with one attached hydrogen (secondary N) is 1. The average molecular weight is 499 g/mol. The van der Waals surface area contributed by atoms with Gasteiger partial charge >= 0.3 is 0 Å². The number of rotatable bonds is 7. The van der Waals surface area contributed by atoms with Gasteiger partial charge in [0.15, 0.2) is 5.16 Å². The highest BCUT2D eigenvalue weighted by atomic mass is 35.5. The zero-order valence-corrected chi connectivity index (χ0v) is 19.8. The van der Waals surface area contributed by atoms with Crippen molar-refractivity contribution in [3.63, 3.8) is 0 Å². The Morgan fingerprint density at radius 3 is 2.76 bits per heavy atom. The predicted molar refractivity (Wildman–Crippen MR) is 131 cm³/mol. The number of thioether (sulfide) groups is 1. The molecule has 0 aliphatic rings. The Labute approximate surface area is 202 Å². The molecule has 2 aromatic heterocycles. The van der Waals surface area contributed by atoms with E-state index in [1.165, 1.54) is 16.9 Å². The minimum Gasteiger partial charge on any atom is -0.467 e. The number of hydrogen-bond acceptors (Lipinski definition) is 7. The minimum absolute atomic E-state index is 0.124. The van der Waals surface area contributed by atoms with Gasteiger partial charge in [0.1, 0.15) is 11.4 Å². The third-order valence-corrected chi connectivity index (χ3v) is 6.50. The molecule has 0 fully saturated rings. The van der Waals surface area contributed by atoms with Crippen molar-refractivity contribution in [1.29, 1.82) is 0 Å². The standard InChI is InChI=1S/C23H19ClN4O5S/c1-13-5-8-19(28(31)32)21(14(13)2)26-20(29)12-34-23-25-18-10-15(24)6-7-17(18)22(30)27(23)11-16-4-3-9-33-16/h3-10H,11-12H2,1-2H3,(H,26,29). The van der Waals surface area contributed by atoms with E-state index < -0.39 is 10.8 Å². The van der Waals surface area contributed by atoms with Gasteiger partial charge in [0.05, 0.1) is 34.4 Å². The van der Waals surface area contributed by atoms with Crippen LogP contribution in [-0.2, 0) is 11.3 Å². The average Bonchev–Trinajstić information content (AvgIpc) is 3.30. The summed E-state index contributed by atoms with van der Waals surface area (Å²) in [5.41, 5.74) is 1.50. The number of aryl methyl sites for hydroxylation is 1. The maximum absolute atomic E-state index is 13.2. The minimum atomic E-state index is -0.537. The highest BCUT2D eigenvalue weighted by Gasteiger charge is 2.20. The monoisotopic (exact) mass is 498 g/mol. The molecule has 0 saturated heterocycles. The molecular weight excluding hydrogens is 480 g/mol. The number of aromatic nitrogens is 2. The molecule has 2 aromatic carbocycles. The summed E-state index contributed by atoms with van der Waals surface area (Å²) in [4.78, 5) is 41.3. The second-order valence-corrected chi connectivity index (χ2v) is 8.90. The first-order valence-corrected chi connectivity index (χ1v) is 11.5. The summed E-state index contributed by atoms with van der Waals surface area (Å²) >= 11 is 7.11. The van der Waals surface area contributed by atoms with Crippen LogP contribution in [0.4, 0.5) is 11.4 Å². The molecule has 0 aliphatic heterocycles. The van der Waals surface area contributed by atoms with Crippen molar-refractivity contribution >= 4 is 51.5 Å². The lowest BCUT2D eigenvalue weighted by Gasteiger charge is -2.13. The van der Waals surface area contributed by atoms with E-state index in [-0.39, 0.29) is 29.2 Å². The summed E-state index contributed by atoms with van der Waals surface area (Å²) in [5.74, 6) is -0.0393. The molecule has 0 aliphatic carbocycles. The van der Waals surface area contributed by atoms with Crippen molar-refractivity contribution in [2.45, 2.75) is 25.5 Å². The summed E-state index contributed by atoms with van der Waals surface area (Å²) in [6.45, 7) is 3.64. The second-order valence-electron chi connectivity index (χ2n) is 7.52. The van der Waals surface area contributed by atoms with Gasteiger partial charge in [0.25, 0.3) is 11.2 Å². The van der Waals surface area contributed by atoms with E-state index in [9.17, 15) is 19.7 Å². The Balaban J connectivity index is 1.64. The van der Waals surface area contributed by atoms with E-state index in [2.05, 4.69) is 10.3 Å². The van der Waals surface area contributed by atoms with Gasteiger partial charge in [-0.3, -0.25) is 24.3 Å². The molecule has 2 heterocycles. The second kappa shape index (κ2) is 9.70. The summed E-state index contributed by atoms with van der Waals surface area (Å²) in [7, 11) is 0. The number of nitro groups is 1. The lowest BCUT2D eigenvalue weighted by atomic mass is 10.1. The number of benzene rings is 2. The van der Waals surface area contributed by atoms with Crippen molar-refractivity contribution < 1.29 is 14.1 Å². The Morgan fingerprint density at radius 1 is 1.26 bits per heavy atom. The van der Waals surface area contributed by atoms with Gasteiger partial charge in [0, 0.05) is 11.1 Å². The van der Waals surface area contributed by atoms with Gasteiger partial charge in [-0.2, -0.15) is 0 Å². The first kappa shape index (κ1) is 23.5. The van der Waals surface area contributed by atoms with E-state index in [1.807, 2.05) is 0 Å². The predicted octanol–water partition coefficient (Wildman–Crippen LogP) is 4.95. The third-order valence-electron chi connectivity index (χ3n) is 5.28. The van der Waals surface area contributed by atoms with Crippen LogP contribution in [0.2, 0.25) is 5.02 Å². The fourth-order valence-electron chi connectivity index (χ4n) is 3.40. The van der Waals surface area contributed by atoms with Crippen LogP contribution in [0.15, 0.2) is 63.1 Å². The molecule has 0 unspecified atom stereocenters. The molecule has 4 rings (SSSR count). The van der Waals surface area contributed by atoms with Gasteiger partial charge in [0.2, 0.25) is 5.91 Å². The number of amides is 1. The molecule has 0 radical (unpaired) electrons. The van der Waals surface area contributed by atoms with Gasteiger partial charge in [-0.15, -0.1) is 0 Å². The zero-order chi connectivity index (χ0) is 24.4. The first-order chi connectivity index (χ1) is 16.2. The molecule has 9 nitrogen and oxygen atoms in total. The van der Waals surface area contributed by atoms with E-state index >= 15 is 0 Å². The molecule has 0 saturated carbocycles. The maximum Gasteiger partial charge on any atom is 0.293 e. The first-order valence-electron chi connectivity index (χ1n) is 10.1. The number of anilines is 1. The van der Waals surface area contributed by atoms with E-state index in [4.69, 9.17) is 16.0 Å². The number of halogens is 1. The van der Waals surface area contributed by atoms with Crippen LogP contribution in [0.3, 0.4) is 0 Å². The van der Waals surface area contributed by atoms with Gasteiger partial charge in [-0.1, -0.05) is 29.4 Å². The molecule has 0 bridgehead atoms. The Hall–Kier alpha value is -3.63. The van der Waals surface area contributed by atoms with Crippen molar-refractivity contribution in [2.24, 2.45) is 0 Å². The van der Waals surface area contributed by atoms with Crippen molar-refractivity contribution in [1.82, 2.24) is 9.55 Å². The number of carbonyl (C=O) groups is 1. The largest absolute Gasteiger partial charge is 0.467 e. The molecule has 1 N–H and O–H groups in total. The summed E-state index contributed by atoms with van der Waals surface area (Å²) in [5, 5.41) is 15.2. The van der Waals surface area contributed by atoms with Crippen molar-refractivity contribution in [3.8, 4) is 0 Å². The number of hydrogen-bond donors (Lipinski definition) is 1. The lowest BCUT2D eigenvalue weighted by molar-refractivity contribution is -0.384. The zero-order valence-electron chi connectivity index (χ0n) is 18.2. The van der Waals surface area contributed by atoms with Crippen LogP contribution in [0.25, 0.3) is 10.9 Å². The van der Waals surface area contributed by atoms with Crippen LogP contribution in [-0.4, -0.2) is 26.1 Å². The highest BCUT2D eigenvalue weighted by Crippen LogP contribution is 2.30. The molecule has 4 aromatic rings. The fourth-order valence-corrected chi connectivity index (χ4v) is 4.36. The molecule has 174 valence electrons. The van der Waals surface area contributed by atoms with Crippen LogP contribution in [0, 0.1) is 24.0 Å². The maximum atomic E-state index is 13.2. The number of nitro benzene ring substituents is 1. The van der Waals surface area contributed by atoms with Crippen LogP contribution >= 0.6 is 23.4 Å². The van der Waals surface area contributed by atoms with Crippen LogP contribution < -0.4 is 10.9 Å². The number of furan rings is 1. The van der Waals surface area contributed by atoms with Crippen molar-refractivity contribution in [3.05, 3.63) is 91.1 Å². The number of fused-ring (bicyclic) bond motifs is 1. The van der Waals surface area contributed by atoms with Gasteiger partial charge < -0.3 is 9.73 Å². The Morgan fingerprint density at radius 2 is 2.06 bits per heavy atom. The van der Waals surface area contributed by atoms with E-state index in [0.29, 0.717) is 32.4 Å². The normalized spacial score (nSPS) is 11.0. The topological polar surface area (TPSA) is 120 Å². The van der Waals surface area contributed by atoms with Crippen LogP contribution in [0.5, 0.6) is 0 Å². The van der Waals surface area contributed by atoms with Gasteiger partial charge in [-0.05, 0) is 55.3 Å². The molecule has 0 atom stereocenters. The Kier molecular flexibility index (Phi) is 6.71.